The molecule has 1 aliphatic rings. The van der Waals surface area contributed by atoms with Crippen molar-refractivity contribution in [2.45, 2.75) is 6.04 Å². The quantitative estimate of drug-likeness (QED) is 0.718. The molecule has 0 radical (unpaired) electrons. The molecule has 2 heterocycles. The third-order valence-corrected chi connectivity index (χ3v) is 4.22. The van der Waals surface area contributed by atoms with Gasteiger partial charge in [0.25, 0.3) is 0 Å². The van der Waals surface area contributed by atoms with Crippen molar-refractivity contribution in [2.75, 3.05) is 5.32 Å². The first kappa shape index (κ1) is 13.7. The largest absolute Gasteiger partial charge is 0.384 e. The molecule has 3 aromatic rings. The van der Waals surface area contributed by atoms with Gasteiger partial charge in [-0.2, -0.15) is 5.26 Å². The summed E-state index contributed by atoms with van der Waals surface area (Å²) in [4.78, 5) is 4.57. The Morgan fingerprint density at radius 3 is 2.65 bits per heavy atom. The fourth-order valence-corrected chi connectivity index (χ4v) is 2.99. The highest BCUT2D eigenvalue weighted by Crippen LogP contribution is 2.36. The molecule has 1 aliphatic heterocycles. The number of aromatic nitrogens is 2. The van der Waals surface area contributed by atoms with Gasteiger partial charge in [0.15, 0.2) is 0 Å². The van der Waals surface area contributed by atoms with E-state index in [0.29, 0.717) is 22.4 Å². The Kier molecular flexibility index (Phi) is 3.00. The molecule has 112 valence electrons. The van der Waals surface area contributed by atoms with E-state index in [0.717, 1.165) is 16.6 Å². The van der Waals surface area contributed by atoms with Gasteiger partial charge in [-0.1, -0.05) is 35.9 Å². The highest BCUT2D eigenvalue weighted by atomic mass is 35.5. The number of nitrogens with two attached hydrogens (primary N) is 1. The topological polar surface area (TPSA) is 79.7 Å². The fourth-order valence-electron chi connectivity index (χ4n) is 2.86. The number of nitrogens with zero attached hydrogens (tertiary/aromatic N) is 3. The fraction of sp³-hybridized carbons (Fsp3) is 0.0588. The lowest BCUT2D eigenvalue weighted by atomic mass is 9.98. The second-order valence-electron chi connectivity index (χ2n) is 5.30. The molecule has 2 aromatic carbocycles. The Hall–Kier alpha value is -2.97. The molecular weight excluding hydrogens is 310 g/mol. The van der Waals surface area contributed by atoms with E-state index in [9.17, 15) is 5.26 Å². The van der Waals surface area contributed by atoms with Crippen LogP contribution >= 0.6 is 11.6 Å². The van der Waals surface area contributed by atoms with Gasteiger partial charge in [0.2, 0.25) is 5.95 Å². The van der Waals surface area contributed by atoms with Crippen molar-refractivity contribution in [3.05, 3.63) is 64.7 Å². The van der Waals surface area contributed by atoms with Crippen LogP contribution in [0.3, 0.4) is 0 Å². The van der Waals surface area contributed by atoms with Crippen molar-refractivity contribution >= 4 is 34.4 Å². The molecule has 0 aliphatic carbocycles. The summed E-state index contributed by atoms with van der Waals surface area (Å²) in [5.74, 6) is 1.03. The Labute approximate surface area is 137 Å². The van der Waals surface area contributed by atoms with Gasteiger partial charge in [-0.05, 0) is 29.8 Å². The van der Waals surface area contributed by atoms with E-state index in [-0.39, 0.29) is 6.04 Å². The summed E-state index contributed by atoms with van der Waals surface area (Å²) in [6, 6.07) is 16.9. The molecule has 0 bridgehead atoms. The first-order valence-corrected chi connectivity index (χ1v) is 7.46. The van der Waals surface area contributed by atoms with E-state index in [1.807, 2.05) is 36.4 Å². The van der Waals surface area contributed by atoms with Gasteiger partial charge in [-0.15, -0.1) is 0 Å². The summed E-state index contributed by atoms with van der Waals surface area (Å²) in [5.41, 5.74) is 9.35. The summed E-state index contributed by atoms with van der Waals surface area (Å²) in [7, 11) is 0. The van der Waals surface area contributed by atoms with Crippen molar-refractivity contribution < 1.29 is 0 Å². The molecule has 0 saturated carbocycles. The van der Waals surface area contributed by atoms with Gasteiger partial charge in [0.1, 0.15) is 11.9 Å². The summed E-state index contributed by atoms with van der Waals surface area (Å²) in [5, 5.41) is 13.5. The molecule has 3 N–H and O–H groups in total. The van der Waals surface area contributed by atoms with Crippen molar-refractivity contribution in [3.63, 3.8) is 0 Å². The van der Waals surface area contributed by atoms with E-state index in [1.54, 1.807) is 16.7 Å². The predicted octanol–water partition coefficient (Wildman–Crippen LogP) is 3.51. The Morgan fingerprint density at radius 2 is 1.91 bits per heavy atom. The van der Waals surface area contributed by atoms with E-state index < -0.39 is 0 Å². The lowest BCUT2D eigenvalue weighted by Crippen LogP contribution is -2.26. The number of fused-ring (bicyclic) bond motifs is 3. The maximum Gasteiger partial charge on any atom is 0.210 e. The minimum absolute atomic E-state index is 0.346. The third kappa shape index (κ3) is 2.04. The highest BCUT2D eigenvalue weighted by molar-refractivity contribution is 6.30. The zero-order chi connectivity index (χ0) is 16.0. The van der Waals surface area contributed by atoms with Crippen LogP contribution in [0.25, 0.3) is 16.9 Å². The minimum Gasteiger partial charge on any atom is -0.384 e. The first-order chi connectivity index (χ1) is 11.2. The zero-order valence-corrected chi connectivity index (χ0v) is 12.7. The second-order valence-corrected chi connectivity index (χ2v) is 5.74. The number of hydrogen-bond donors (Lipinski definition) is 2. The number of benzene rings is 2. The molecule has 1 aromatic heterocycles. The van der Waals surface area contributed by atoms with Gasteiger partial charge >= 0.3 is 0 Å². The van der Waals surface area contributed by atoms with E-state index in [1.165, 1.54) is 0 Å². The standard InChI is InChI=1S/C17H12ClN5/c18-11-7-5-10(6-8-11)15-12(9-19)16(20)23-14-4-2-1-3-13(14)21-17(23)22-15/h1-8,15H,20H2,(H,21,22)/t15-/m1/s1. The highest BCUT2D eigenvalue weighted by Gasteiger charge is 2.29. The number of halogens is 1. The average molecular weight is 322 g/mol. The molecule has 5 nitrogen and oxygen atoms in total. The summed E-state index contributed by atoms with van der Waals surface area (Å²) < 4.78 is 1.78. The van der Waals surface area contributed by atoms with Crippen molar-refractivity contribution in [2.24, 2.45) is 5.73 Å². The summed E-state index contributed by atoms with van der Waals surface area (Å²) in [6.07, 6.45) is 0. The van der Waals surface area contributed by atoms with E-state index in [4.69, 9.17) is 17.3 Å². The summed E-state index contributed by atoms with van der Waals surface area (Å²) >= 11 is 5.95. The Bertz CT molecular complexity index is 978. The minimum atomic E-state index is -0.346. The molecule has 0 amide bonds. The van der Waals surface area contributed by atoms with Crippen LogP contribution in [0.5, 0.6) is 0 Å². The maximum absolute atomic E-state index is 9.60. The van der Waals surface area contributed by atoms with Crippen LogP contribution in [0.2, 0.25) is 5.02 Å². The van der Waals surface area contributed by atoms with E-state index in [2.05, 4.69) is 16.4 Å². The van der Waals surface area contributed by atoms with Crippen LogP contribution in [-0.2, 0) is 0 Å². The van der Waals surface area contributed by atoms with E-state index >= 15 is 0 Å². The van der Waals surface area contributed by atoms with Crippen molar-refractivity contribution in [3.8, 4) is 6.07 Å². The van der Waals surface area contributed by atoms with Crippen LogP contribution < -0.4 is 11.1 Å². The van der Waals surface area contributed by atoms with Gasteiger partial charge < -0.3 is 11.1 Å². The number of nitrogens with one attached hydrogen (secondary N) is 1. The van der Waals surface area contributed by atoms with Crippen LogP contribution in [0, 0.1) is 11.3 Å². The van der Waals surface area contributed by atoms with Crippen molar-refractivity contribution in [1.29, 1.82) is 5.26 Å². The van der Waals surface area contributed by atoms with Crippen LogP contribution in [0.1, 0.15) is 11.6 Å². The molecular formula is C17H12ClN5. The molecule has 0 saturated heterocycles. The number of anilines is 1. The van der Waals surface area contributed by atoms with Gasteiger partial charge in [0.05, 0.1) is 22.6 Å². The van der Waals surface area contributed by atoms with Crippen molar-refractivity contribution in [1.82, 2.24) is 9.55 Å². The second kappa shape index (κ2) is 5.04. The SMILES string of the molecule is N#CC1=C(N)n2c(nc3ccccc32)N[C@@H]1c1ccc(Cl)cc1. The zero-order valence-electron chi connectivity index (χ0n) is 12.0. The smallest absolute Gasteiger partial charge is 0.210 e. The predicted molar refractivity (Wildman–Crippen MR) is 90.6 cm³/mol. The number of rotatable bonds is 1. The molecule has 6 heteroatoms. The molecule has 4 rings (SSSR count). The molecule has 23 heavy (non-hydrogen) atoms. The monoisotopic (exact) mass is 321 g/mol. The van der Waals surface area contributed by atoms with Gasteiger partial charge in [-0.25, -0.2) is 4.98 Å². The molecule has 0 fully saturated rings. The third-order valence-electron chi connectivity index (χ3n) is 3.96. The maximum atomic E-state index is 9.60. The molecule has 1 atom stereocenters. The summed E-state index contributed by atoms with van der Waals surface area (Å²) in [6.45, 7) is 0. The normalized spacial score (nSPS) is 16.8. The van der Waals surface area contributed by atoms with Crippen LogP contribution in [0.4, 0.5) is 5.95 Å². The van der Waals surface area contributed by atoms with Gasteiger partial charge in [0, 0.05) is 5.02 Å². The van der Waals surface area contributed by atoms with Crippen LogP contribution in [0.15, 0.2) is 54.1 Å². The number of hydrogen-bond acceptors (Lipinski definition) is 4. The number of para-hydroxylation sites is 2. The molecule has 0 spiro atoms. The lowest BCUT2D eigenvalue weighted by Gasteiger charge is -2.26. The first-order valence-electron chi connectivity index (χ1n) is 7.08. The van der Waals surface area contributed by atoms with Gasteiger partial charge in [-0.3, -0.25) is 4.57 Å². The Morgan fingerprint density at radius 1 is 1.17 bits per heavy atom. The lowest BCUT2D eigenvalue weighted by molar-refractivity contribution is 0.857. The van der Waals surface area contributed by atoms with Crippen LogP contribution in [-0.4, -0.2) is 9.55 Å². The number of nitriles is 1. The average Bonchev–Trinajstić information content (AvgIpc) is 2.94. The molecule has 0 unspecified atom stereocenters. The Balaban J connectivity index is 1.92. The number of imidazole rings is 1.